The van der Waals surface area contributed by atoms with Crippen molar-refractivity contribution in [3.8, 4) is 0 Å². The van der Waals surface area contributed by atoms with Crippen LogP contribution in [-0.4, -0.2) is 0 Å². The van der Waals surface area contributed by atoms with Gasteiger partial charge in [-0.2, -0.15) is 0 Å². The molecule has 17 heavy (non-hydrogen) atoms. The van der Waals surface area contributed by atoms with Gasteiger partial charge in [-0.1, -0.05) is 44.9 Å². The molecule has 0 unspecified atom stereocenters. The van der Waals surface area contributed by atoms with E-state index in [1.165, 1.54) is 36.0 Å². The molecule has 2 rings (SSSR count). The summed E-state index contributed by atoms with van der Waals surface area (Å²) >= 11 is 0. The van der Waals surface area contributed by atoms with Crippen molar-refractivity contribution in [1.29, 1.82) is 0 Å². The minimum Gasteiger partial charge on any atom is -0.256 e. The van der Waals surface area contributed by atoms with E-state index in [1.807, 2.05) is 12.3 Å². The van der Waals surface area contributed by atoms with Gasteiger partial charge in [-0.15, -0.1) is 0 Å². The molecule has 1 aliphatic rings. The van der Waals surface area contributed by atoms with Crippen LogP contribution in [0.5, 0.6) is 0 Å². The largest absolute Gasteiger partial charge is 0.256 e. The standard InChI is InChI=1S/C16H20N/c1-3-7-13-9-5-10-15(14(13)8-4-2)16-11-6-12-17-16/h5-6,9-12H,3-4,7-8H2,1-2H3. The van der Waals surface area contributed by atoms with Crippen LogP contribution in [0.1, 0.15) is 43.4 Å². The Labute approximate surface area is 104 Å². The van der Waals surface area contributed by atoms with Gasteiger partial charge in [0.2, 0.25) is 0 Å². The van der Waals surface area contributed by atoms with Gasteiger partial charge in [0.05, 0.1) is 5.70 Å². The molecule has 0 atom stereocenters. The summed E-state index contributed by atoms with van der Waals surface area (Å²) in [6.07, 6.45) is 10.7. The first kappa shape index (κ1) is 12.0. The fourth-order valence-electron chi connectivity index (χ4n) is 2.38. The van der Waals surface area contributed by atoms with Crippen LogP contribution in [0.3, 0.4) is 0 Å². The molecular weight excluding hydrogens is 206 g/mol. The zero-order chi connectivity index (χ0) is 12.1. The van der Waals surface area contributed by atoms with Gasteiger partial charge < -0.3 is 0 Å². The second-order valence-electron chi connectivity index (χ2n) is 4.47. The Balaban J connectivity index is 2.39. The summed E-state index contributed by atoms with van der Waals surface area (Å²) in [7, 11) is 0. The van der Waals surface area contributed by atoms with Gasteiger partial charge in [0.1, 0.15) is 0 Å². The number of hydrogen-bond donors (Lipinski definition) is 0. The van der Waals surface area contributed by atoms with Crippen LogP contribution in [-0.2, 0) is 12.8 Å². The topological polar surface area (TPSA) is 14.1 Å². The Morgan fingerprint density at radius 1 is 1.06 bits per heavy atom. The number of rotatable bonds is 5. The van der Waals surface area contributed by atoms with Crippen molar-refractivity contribution in [2.45, 2.75) is 39.5 Å². The highest BCUT2D eigenvalue weighted by molar-refractivity contribution is 5.71. The third-order valence-corrected chi connectivity index (χ3v) is 3.12. The molecule has 0 N–H and O–H groups in total. The SMILES string of the molecule is CCCc1cccc(C2=CC=C[N]2)c1CCC. The molecule has 0 saturated heterocycles. The molecule has 0 bridgehead atoms. The lowest BCUT2D eigenvalue weighted by Gasteiger charge is -2.14. The molecule has 1 radical (unpaired) electrons. The van der Waals surface area contributed by atoms with Crippen LogP contribution in [0.4, 0.5) is 0 Å². The second-order valence-corrected chi connectivity index (χ2v) is 4.47. The monoisotopic (exact) mass is 226 g/mol. The molecule has 1 aromatic carbocycles. The van der Waals surface area contributed by atoms with E-state index in [0.29, 0.717) is 0 Å². The van der Waals surface area contributed by atoms with Crippen molar-refractivity contribution in [2.75, 3.05) is 0 Å². The first-order valence-electron chi connectivity index (χ1n) is 6.55. The average Bonchev–Trinajstić information content (AvgIpc) is 2.85. The zero-order valence-electron chi connectivity index (χ0n) is 10.7. The lowest BCUT2D eigenvalue weighted by Crippen LogP contribution is -2.02. The van der Waals surface area contributed by atoms with Gasteiger partial charge >= 0.3 is 0 Å². The van der Waals surface area contributed by atoms with Gasteiger partial charge in [-0.3, -0.25) is 5.32 Å². The maximum absolute atomic E-state index is 4.43. The van der Waals surface area contributed by atoms with Crippen LogP contribution in [0.15, 0.2) is 36.6 Å². The molecule has 1 aromatic rings. The van der Waals surface area contributed by atoms with Crippen LogP contribution >= 0.6 is 0 Å². The van der Waals surface area contributed by atoms with Crippen LogP contribution in [0.25, 0.3) is 5.70 Å². The maximum atomic E-state index is 4.43. The lowest BCUT2D eigenvalue weighted by atomic mass is 9.93. The number of aryl methyl sites for hydroxylation is 1. The van der Waals surface area contributed by atoms with Crippen LogP contribution in [0.2, 0.25) is 0 Å². The fourth-order valence-corrected chi connectivity index (χ4v) is 2.38. The number of nitrogens with zero attached hydrogens (tertiary/aromatic N) is 1. The van der Waals surface area contributed by atoms with Gasteiger partial charge in [-0.05, 0) is 36.1 Å². The molecule has 0 saturated carbocycles. The minimum absolute atomic E-state index is 1.12. The summed E-state index contributed by atoms with van der Waals surface area (Å²) in [5.74, 6) is 0. The van der Waals surface area contributed by atoms with Gasteiger partial charge in [0, 0.05) is 11.8 Å². The van der Waals surface area contributed by atoms with Crippen molar-refractivity contribution in [3.63, 3.8) is 0 Å². The molecular formula is C16H20N. The van der Waals surface area contributed by atoms with Gasteiger partial charge in [-0.25, -0.2) is 0 Å². The number of benzene rings is 1. The first-order valence-corrected chi connectivity index (χ1v) is 6.55. The van der Waals surface area contributed by atoms with Crippen molar-refractivity contribution in [1.82, 2.24) is 5.32 Å². The maximum Gasteiger partial charge on any atom is 0.0705 e. The van der Waals surface area contributed by atoms with Crippen LogP contribution < -0.4 is 5.32 Å². The van der Waals surface area contributed by atoms with Crippen molar-refractivity contribution >= 4 is 5.70 Å². The Morgan fingerprint density at radius 3 is 2.53 bits per heavy atom. The van der Waals surface area contributed by atoms with Gasteiger partial charge in [0.25, 0.3) is 0 Å². The Bertz CT molecular complexity index is 441. The molecule has 0 aliphatic carbocycles. The second kappa shape index (κ2) is 5.72. The highest BCUT2D eigenvalue weighted by Gasteiger charge is 2.12. The van der Waals surface area contributed by atoms with E-state index in [9.17, 15) is 0 Å². The quantitative estimate of drug-likeness (QED) is 0.718. The molecule has 1 heteroatoms. The molecule has 0 spiro atoms. The third kappa shape index (κ3) is 2.60. The predicted octanol–water partition coefficient (Wildman–Crippen LogP) is 4.06. The van der Waals surface area contributed by atoms with Gasteiger partial charge in [0.15, 0.2) is 0 Å². The van der Waals surface area contributed by atoms with Crippen LogP contribution in [0, 0.1) is 0 Å². The Hall–Kier alpha value is -1.50. The first-order chi connectivity index (χ1) is 8.36. The fraction of sp³-hybridized carbons (Fsp3) is 0.375. The normalized spacial score (nSPS) is 13.6. The summed E-state index contributed by atoms with van der Waals surface area (Å²) in [4.78, 5) is 0. The van der Waals surface area contributed by atoms with Crippen molar-refractivity contribution < 1.29 is 0 Å². The Morgan fingerprint density at radius 2 is 1.88 bits per heavy atom. The predicted molar refractivity (Wildman–Crippen MR) is 73.7 cm³/mol. The summed E-state index contributed by atoms with van der Waals surface area (Å²) in [6.45, 7) is 4.48. The molecule has 1 heterocycles. The molecule has 1 aliphatic heterocycles. The molecule has 1 nitrogen and oxygen atoms in total. The molecule has 0 fully saturated rings. The van der Waals surface area contributed by atoms with E-state index >= 15 is 0 Å². The van der Waals surface area contributed by atoms with E-state index in [0.717, 1.165) is 12.1 Å². The molecule has 89 valence electrons. The lowest BCUT2D eigenvalue weighted by molar-refractivity contribution is 0.857. The summed E-state index contributed by atoms with van der Waals surface area (Å²) in [5, 5.41) is 4.43. The van der Waals surface area contributed by atoms with E-state index in [4.69, 9.17) is 0 Å². The van der Waals surface area contributed by atoms with E-state index in [1.54, 1.807) is 0 Å². The minimum atomic E-state index is 1.12. The van der Waals surface area contributed by atoms with Crippen molar-refractivity contribution in [2.24, 2.45) is 0 Å². The zero-order valence-corrected chi connectivity index (χ0v) is 10.7. The number of allylic oxidation sites excluding steroid dienone is 2. The van der Waals surface area contributed by atoms with E-state index in [2.05, 4.69) is 43.4 Å². The number of hydrogen-bond acceptors (Lipinski definition) is 0. The van der Waals surface area contributed by atoms with E-state index < -0.39 is 0 Å². The van der Waals surface area contributed by atoms with E-state index in [-0.39, 0.29) is 0 Å². The summed E-state index contributed by atoms with van der Waals surface area (Å²) in [6, 6.07) is 6.63. The smallest absolute Gasteiger partial charge is 0.0705 e. The highest BCUT2D eigenvalue weighted by Crippen LogP contribution is 2.25. The third-order valence-electron chi connectivity index (χ3n) is 3.12. The molecule has 0 aromatic heterocycles. The highest BCUT2D eigenvalue weighted by atomic mass is 14.9. The van der Waals surface area contributed by atoms with Crippen molar-refractivity contribution in [3.05, 3.63) is 53.2 Å². The molecule has 0 amide bonds. The Kier molecular flexibility index (Phi) is 4.03. The average molecular weight is 226 g/mol. The summed E-state index contributed by atoms with van der Waals surface area (Å²) in [5.41, 5.74) is 5.43. The summed E-state index contributed by atoms with van der Waals surface area (Å²) < 4.78 is 0.